The van der Waals surface area contributed by atoms with Crippen LogP contribution in [0, 0.1) is 5.82 Å². The predicted molar refractivity (Wildman–Crippen MR) is 82.2 cm³/mol. The van der Waals surface area contributed by atoms with Crippen molar-refractivity contribution < 1.29 is 9.18 Å². The Morgan fingerprint density at radius 1 is 1.38 bits per heavy atom. The van der Waals surface area contributed by atoms with Gasteiger partial charge in [0.1, 0.15) is 5.82 Å². The molecule has 0 unspecified atom stereocenters. The van der Waals surface area contributed by atoms with Gasteiger partial charge in [-0.3, -0.25) is 4.79 Å². The summed E-state index contributed by atoms with van der Waals surface area (Å²) in [4.78, 5) is 16.1. The standard InChI is InChI=1S/C14H14BrFN4O/c15-10-7-11(13(20-17)19-8-10)14(21)18-6-5-9-3-1-2-4-12(9)16/h1-4,7-8H,5-6,17H2,(H,18,21)(H,19,20). The van der Waals surface area contributed by atoms with E-state index in [1.54, 1.807) is 24.3 Å². The number of benzene rings is 1. The smallest absolute Gasteiger partial charge is 0.255 e. The number of carbonyl (C=O) groups is 1. The first-order valence-corrected chi connectivity index (χ1v) is 7.05. The van der Waals surface area contributed by atoms with Crippen molar-refractivity contribution in [2.24, 2.45) is 5.84 Å². The molecule has 1 aromatic heterocycles. The summed E-state index contributed by atoms with van der Waals surface area (Å²) >= 11 is 3.25. The summed E-state index contributed by atoms with van der Waals surface area (Å²) < 4.78 is 14.1. The minimum Gasteiger partial charge on any atom is -0.352 e. The number of hydrogen-bond donors (Lipinski definition) is 3. The van der Waals surface area contributed by atoms with Gasteiger partial charge in [0.25, 0.3) is 5.91 Å². The average Bonchev–Trinajstić information content (AvgIpc) is 2.49. The highest BCUT2D eigenvalue weighted by atomic mass is 79.9. The molecular weight excluding hydrogens is 339 g/mol. The average molecular weight is 353 g/mol. The van der Waals surface area contributed by atoms with Crippen molar-refractivity contribution in [3.05, 3.63) is 57.9 Å². The molecule has 0 aliphatic rings. The van der Waals surface area contributed by atoms with Gasteiger partial charge in [0.15, 0.2) is 5.82 Å². The van der Waals surface area contributed by atoms with Crippen LogP contribution in [0.3, 0.4) is 0 Å². The molecule has 0 saturated carbocycles. The highest BCUT2D eigenvalue weighted by molar-refractivity contribution is 9.10. The third kappa shape index (κ3) is 3.99. The number of carbonyl (C=O) groups excluding carboxylic acids is 1. The number of aromatic nitrogens is 1. The second-order valence-electron chi connectivity index (χ2n) is 4.29. The Morgan fingerprint density at radius 3 is 2.86 bits per heavy atom. The molecular formula is C14H14BrFN4O. The van der Waals surface area contributed by atoms with E-state index < -0.39 is 0 Å². The molecule has 0 radical (unpaired) electrons. The lowest BCUT2D eigenvalue weighted by atomic mass is 10.1. The molecule has 2 aromatic rings. The molecule has 0 aliphatic heterocycles. The first-order chi connectivity index (χ1) is 10.1. The molecule has 0 atom stereocenters. The van der Waals surface area contributed by atoms with Gasteiger partial charge in [-0.1, -0.05) is 18.2 Å². The summed E-state index contributed by atoms with van der Waals surface area (Å²) in [6.07, 6.45) is 1.94. The highest BCUT2D eigenvalue weighted by Crippen LogP contribution is 2.17. The fourth-order valence-electron chi connectivity index (χ4n) is 1.83. The summed E-state index contributed by atoms with van der Waals surface area (Å²) in [7, 11) is 0. The molecule has 0 aliphatic carbocycles. The van der Waals surface area contributed by atoms with Gasteiger partial charge in [-0.25, -0.2) is 15.2 Å². The summed E-state index contributed by atoms with van der Waals surface area (Å²) in [6.45, 7) is 0.316. The Hall–Kier alpha value is -1.99. The number of nitrogens with two attached hydrogens (primary N) is 1. The highest BCUT2D eigenvalue weighted by Gasteiger charge is 2.12. The molecule has 1 amide bonds. The van der Waals surface area contributed by atoms with Gasteiger partial charge in [-0.15, -0.1) is 0 Å². The monoisotopic (exact) mass is 352 g/mol. The summed E-state index contributed by atoms with van der Waals surface area (Å²) in [6, 6.07) is 8.08. The summed E-state index contributed by atoms with van der Waals surface area (Å²) in [5.41, 5.74) is 3.25. The van der Waals surface area contributed by atoms with Crippen LogP contribution < -0.4 is 16.6 Å². The maximum absolute atomic E-state index is 13.5. The van der Waals surface area contributed by atoms with Crippen LogP contribution in [-0.2, 0) is 6.42 Å². The van der Waals surface area contributed by atoms with Crippen molar-refractivity contribution in [1.29, 1.82) is 0 Å². The van der Waals surface area contributed by atoms with Crippen LogP contribution in [0.15, 0.2) is 41.0 Å². The molecule has 0 bridgehead atoms. The first-order valence-electron chi connectivity index (χ1n) is 6.25. The number of nitrogens with zero attached hydrogens (tertiary/aromatic N) is 1. The van der Waals surface area contributed by atoms with Crippen LogP contribution in [0.4, 0.5) is 10.2 Å². The van der Waals surface area contributed by atoms with Crippen LogP contribution in [0.2, 0.25) is 0 Å². The van der Waals surface area contributed by atoms with E-state index in [0.29, 0.717) is 28.6 Å². The number of halogens is 2. The largest absolute Gasteiger partial charge is 0.352 e. The fourth-order valence-corrected chi connectivity index (χ4v) is 2.17. The predicted octanol–water partition coefficient (Wildman–Crippen LogP) is 2.24. The third-order valence-corrected chi connectivity index (χ3v) is 3.31. The Balaban J connectivity index is 1.99. The Labute approximate surface area is 129 Å². The Kier molecular flexibility index (Phi) is 5.24. The van der Waals surface area contributed by atoms with Gasteiger partial charge in [0.05, 0.1) is 5.56 Å². The zero-order valence-corrected chi connectivity index (χ0v) is 12.7. The zero-order valence-electron chi connectivity index (χ0n) is 11.1. The van der Waals surface area contributed by atoms with E-state index in [-0.39, 0.29) is 17.5 Å². The minimum absolute atomic E-state index is 0.278. The lowest BCUT2D eigenvalue weighted by Crippen LogP contribution is -2.27. The molecule has 1 aromatic carbocycles. The molecule has 21 heavy (non-hydrogen) atoms. The first kappa shape index (κ1) is 15.4. The molecule has 7 heteroatoms. The molecule has 0 spiro atoms. The van der Waals surface area contributed by atoms with Crippen molar-refractivity contribution in [3.8, 4) is 0 Å². The number of hydrazine groups is 1. The number of hydrogen-bond acceptors (Lipinski definition) is 4. The number of rotatable bonds is 5. The maximum Gasteiger partial charge on any atom is 0.255 e. The molecule has 2 rings (SSSR count). The number of amides is 1. The van der Waals surface area contributed by atoms with Gasteiger partial charge in [-0.05, 0) is 40.0 Å². The van der Waals surface area contributed by atoms with Gasteiger partial charge >= 0.3 is 0 Å². The Morgan fingerprint density at radius 2 is 2.14 bits per heavy atom. The van der Waals surface area contributed by atoms with Crippen molar-refractivity contribution in [2.45, 2.75) is 6.42 Å². The number of nitrogen functional groups attached to an aromatic ring is 1. The zero-order chi connectivity index (χ0) is 15.2. The van der Waals surface area contributed by atoms with E-state index in [9.17, 15) is 9.18 Å². The van der Waals surface area contributed by atoms with Crippen molar-refractivity contribution in [2.75, 3.05) is 12.0 Å². The minimum atomic E-state index is -0.326. The Bertz CT molecular complexity index is 651. The van der Waals surface area contributed by atoms with Gasteiger partial charge in [0, 0.05) is 17.2 Å². The van der Waals surface area contributed by atoms with Crippen LogP contribution >= 0.6 is 15.9 Å². The number of anilines is 1. The van der Waals surface area contributed by atoms with Gasteiger partial charge in [0.2, 0.25) is 0 Å². The second-order valence-corrected chi connectivity index (χ2v) is 5.21. The quantitative estimate of drug-likeness (QED) is 0.569. The van der Waals surface area contributed by atoms with Crippen molar-refractivity contribution >= 4 is 27.7 Å². The third-order valence-electron chi connectivity index (χ3n) is 2.87. The molecule has 0 saturated heterocycles. The van der Waals surface area contributed by atoms with Crippen LogP contribution in [0.5, 0.6) is 0 Å². The number of pyridine rings is 1. The van der Waals surface area contributed by atoms with E-state index in [1.165, 1.54) is 12.3 Å². The van der Waals surface area contributed by atoms with Crippen LogP contribution in [0.25, 0.3) is 0 Å². The lowest BCUT2D eigenvalue weighted by Gasteiger charge is -2.09. The maximum atomic E-state index is 13.5. The van der Waals surface area contributed by atoms with E-state index in [1.807, 2.05) is 0 Å². The van der Waals surface area contributed by atoms with Crippen molar-refractivity contribution in [3.63, 3.8) is 0 Å². The normalized spacial score (nSPS) is 10.2. The fraction of sp³-hybridized carbons (Fsp3) is 0.143. The van der Waals surface area contributed by atoms with E-state index in [2.05, 4.69) is 31.7 Å². The van der Waals surface area contributed by atoms with Crippen LogP contribution in [-0.4, -0.2) is 17.4 Å². The molecule has 4 N–H and O–H groups in total. The second kappa shape index (κ2) is 7.14. The van der Waals surface area contributed by atoms with E-state index in [0.717, 1.165) is 0 Å². The van der Waals surface area contributed by atoms with Crippen LogP contribution in [0.1, 0.15) is 15.9 Å². The van der Waals surface area contributed by atoms with Gasteiger partial charge < -0.3 is 10.7 Å². The molecule has 110 valence electrons. The van der Waals surface area contributed by atoms with Crippen molar-refractivity contribution in [1.82, 2.24) is 10.3 Å². The van der Waals surface area contributed by atoms with Gasteiger partial charge in [-0.2, -0.15) is 0 Å². The van der Waals surface area contributed by atoms with E-state index >= 15 is 0 Å². The summed E-state index contributed by atoms with van der Waals surface area (Å²) in [5, 5.41) is 2.71. The van der Waals surface area contributed by atoms with E-state index in [4.69, 9.17) is 5.84 Å². The molecule has 5 nitrogen and oxygen atoms in total. The summed E-state index contributed by atoms with van der Waals surface area (Å²) in [5.74, 6) is 5.00. The molecule has 0 fully saturated rings. The molecule has 1 heterocycles. The lowest BCUT2D eigenvalue weighted by molar-refractivity contribution is 0.0954. The number of nitrogens with one attached hydrogen (secondary N) is 2. The topological polar surface area (TPSA) is 80.0 Å². The SMILES string of the molecule is NNc1ncc(Br)cc1C(=O)NCCc1ccccc1F.